The summed E-state index contributed by atoms with van der Waals surface area (Å²) in [4.78, 5) is 1.09. The number of hydrogen-bond donors (Lipinski definition) is 1. The Hall–Kier alpha value is -0.980. The number of nitrogens with two attached hydrogens (primary N) is 1. The molecule has 1 aliphatic rings. The third-order valence-electron chi connectivity index (χ3n) is 2.24. The van der Waals surface area contributed by atoms with Crippen molar-refractivity contribution < 1.29 is 0 Å². The molecule has 13 heavy (non-hydrogen) atoms. The SMILES string of the molecule is N#Cc1cccc2c1SCCC2N. The van der Waals surface area contributed by atoms with Crippen molar-refractivity contribution in [1.82, 2.24) is 0 Å². The van der Waals surface area contributed by atoms with E-state index in [0.717, 1.165) is 28.2 Å². The Morgan fingerprint density at radius 1 is 1.54 bits per heavy atom. The van der Waals surface area contributed by atoms with Gasteiger partial charge >= 0.3 is 0 Å². The lowest BCUT2D eigenvalue weighted by molar-refractivity contribution is 0.679. The molecule has 0 aromatic heterocycles. The maximum atomic E-state index is 8.88. The van der Waals surface area contributed by atoms with Gasteiger partial charge < -0.3 is 5.73 Å². The molecule has 1 aromatic rings. The summed E-state index contributed by atoms with van der Waals surface area (Å²) in [6, 6.07) is 8.09. The van der Waals surface area contributed by atoms with Crippen molar-refractivity contribution in [2.45, 2.75) is 17.4 Å². The highest BCUT2D eigenvalue weighted by Gasteiger charge is 2.19. The first-order chi connectivity index (χ1) is 6.33. The lowest BCUT2D eigenvalue weighted by Gasteiger charge is -2.21. The number of nitriles is 1. The van der Waals surface area contributed by atoms with Crippen LogP contribution in [0, 0.1) is 11.3 Å². The van der Waals surface area contributed by atoms with Gasteiger partial charge in [-0.2, -0.15) is 5.26 Å². The Labute approximate surface area is 81.7 Å². The summed E-state index contributed by atoms with van der Waals surface area (Å²) >= 11 is 1.74. The number of nitrogens with zero attached hydrogens (tertiary/aromatic N) is 1. The van der Waals surface area contributed by atoms with E-state index in [1.165, 1.54) is 0 Å². The standard InChI is InChI=1S/C10H10N2S/c11-6-7-2-1-3-8-9(12)4-5-13-10(7)8/h1-3,9H,4-5,12H2. The van der Waals surface area contributed by atoms with Crippen molar-refractivity contribution in [3.05, 3.63) is 29.3 Å². The molecule has 1 atom stereocenters. The second-order valence-corrected chi connectivity index (χ2v) is 4.18. The van der Waals surface area contributed by atoms with Gasteiger partial charge in [-0.15, -0.1) is 11.8 Å². The van der Waals surface area contributed by atoms with Gasteiger partial charge in [-0.3, -0.25) is 0 Å². The van der Waals surface area contributed by atoms with Crippen molar-refractivity contribution in [2.24, 2.45) is 5.73 Å². The summed E-state index contributed by atoms with van der Waals surface area (Å²) in [7, 11) is 0. The van der Waals surface area contributed by atoms with Crippen LogP contribution < -0.4 is 5.73 Å². The predicted molar refractivity (Wildman–Crippen MR) is 53.4 cm³/mol. The summed E-state index contributed by atoms with van der Waals surface area (Å²) in [5.41, 5.74) is 7.84. The fourth-order valence-corrected chi connectivity index (χ4v) is 2.77. The summed E-state index contributed by atoms with van der Waals surface area (Å²) in [6.07, 6.45) is 1.01. The van der Waals surface area contributed by atoms with Crippen molar-refractivity contribution >= 4 is 11.8 Å². The lowest BCUT2D eigenvalue weighted by Crippen LogP contribution is -2.16. The molecule has 66 valence electrons. The first kappa shape index (κ1) is 8.61. The Bertz CT molecular complexity index is 368. The number of rotatable bonds is 0. The number of thioether (sulfide) groups is 1. The molecule has 1 aliphatic heterocycles. The van der Waals surface area contributed by atoms with Gasteiger partial charge in [-0.25, -0.2) is 0 Å². The zero-order valence-electron chi connectivity index (χ0n) is 7.16. The highest BCUT2D eigenvalue weighted by atomic mass is 32.2. The van der Waals surface area contributed by atoms with Crippen LogP contribution in [-0.4, -0.2) is 5.75 Å². The smallest absolute Gasteiger partial charge is 0.100 e. The van der Waals surface area contributed by atoms with Crippen LogP contribution in [0.1, 0.15) is 23.6 Å². The summed E-state index contributed by atoms with van der Waals surface area (Å²) in [6.45, 7) is 0. The Balaban J connectivity index is 2.56. The van der Waals surface area contributed by atoms with E-state index in [1.54, 1.807) is 11.8 Å². The van der Waals surface area contributed by atoms with Crippen molar-refractivity contribution in [3.63, 3.8) is 0 Å². The van der Waals surface area contributed by atoms with Crippen LogP contribution in [0.3, 0.4) is 0 Å². The lowest BCUT2D eigenvalue weighted by atomic mass is 10.0. The molecular weight excluding hydrogens is 180 g/mol. The third kappa shape index (κ3) is 1.43. The van der Waals surface area contributed by atoms with E-state index >= 15 is 0 Å². The van der Waals surface area contributed by atoms with E-state index in [-0.39, 0.29) is 6.04 Å². The molecule has 0 bridgehead atoms. The molecule has 0 fully saturated rings. The highest BCUT2D eigenvalue weighted by Crippen LogP contribution is 2.36. The van der Waals surface area contributed by atoms with Crippen LogP contribution in [0.25, 0.3) is 0 Å². The first-order valence-electron chi connectivity index (χ1n) is 4.24. The molecule has 1 heterocycles. The van der Waals surface area contributed by atoms with E-state index in [4.69, 9.17) is 11.0 Å². The summed E-state index contributed by atoms with van der Waals surface area (Å²) in [5.74, 6) is 1.02. The zero-order chi connectivity index (χ0) is 9.26. The van der Waals surface area contributed by atoms with Crippen LogP contribution in [0.5, 0.6) is 0 Å². The molecule has 0 aliphatic carbocycles. The maximum Gasteiger partial charge on any atom is 0.100 e. The molecule has 2 N–H and O–H groups in total. The van der Waals surface area contributed by atoms with Crippen molar-refractivity contribution in [2.75, 3.05) is 5.75 Å². The minimum Gasteiger partial charge on any atom is -0.324 e. The normalized spacial score (nSPS) is 20.5. The van der Waals surface area contributed by atoms with Gasteiger partial charge in [0.15, 0.2) is 0 Å². The van der Waals surface area contributed by atoms with E-state index < -0.39 is 0 Å². The molecule has 0 saturated heterocycles. The number of fused-ring (bicyclic) bond motifs is 1. The van der Waals surface area contributed by atoms with Gasteiger partial charge in [0.2, 0.25) is 0 Å². The topological polar surface area (TPSA) is 49.8 Å². The summed E-state index contributed by atoms with van der Waals surface area (Å²) < 4.78 is 0. The summed E-state index contributed by atoms with van der Waals surface area (Å²) in [5, 5.41) is 8.88. The monoisotopic (exact) mass is 190 g/mol. The van der Waals surface area contributed by atoms with Crippen LogP contribution in [0.2, 0.25) is 0 Å². The second kappa shape index (κ2) is 3.41. The van der Waals surface area contributed by atoms with Crippen LogP contribution in [-0.2, 0) is 0 Å². The average molecular weight is 190 g/mol. The minimum atomic E-state index is 0.115. The molecular formula is C10H10N2S. The van der Waals surface area contributed by atoms with E-state index in [2.05, 4.69) is 6.07 Å². The maximum absolute atomic E-state index is 8.88. The second-order valence-electron chi connectivity index (χ2n) is 3.08. The van der Waals surface area contributed by atoms with Gasteiger partial charge in [-0.1, -0.05) is 12.1 Å². The number of benzene rings is 1. The molecule has 3 heteroatoms. The molecule has 0 saturated carbocycles. The van der Waals surface area contributed by atoms with Gasteiger partial charge in [0.25, 0.3) is 0 Å². The van der Waals surface area contributed by atoms with Crippen LogP contribution in [0.15, 0.2) is 23.1 Å². The molecule has 0 radical (unpaired) electrons. The molecule has 0 amide bonds. The molecule has 1 aromatic carbocycles. The van der Waals surface area contributed by atoms with Crippen molar-refractivity contribution in [3.8, 4) is 6.07 Å². The molecule has 2 nitrogen and oxygen atoms in total. The highest BCUT2D eigenvalue weighted by molar-refractivity contribution is 7.99. The minimum absolute atomic E-state index is 0.115. The molecule has 1 unspecified atom stereocenters. The fourth-order valence-electron chi connectivity index (χ4n) is 1.54. The Morgan fingerprint density at radius 3 is 3.15 bits per heavy atom. The third-order valence-corrected chi connectivity index (χ3v) is 3.42. The predicted octanol–water partition coefficient (Wildman–Crippen LogP) is 2.05. The zero-order valence-corrected chi connectivity index (χ0v) is 7.97. The quantitative estimate of drug-likeness (QED) is 0.681. The fraction of sp³-hybridized carbons (Fsp3) is 0.300. The van der Waals surface area contributed by atoms with Gasteiger partial charge in [0, 0.05) is 10.9 Å². The van der Waals surface area contributed by atoms with E-state index in [1.807, 2.05) is 18.2 Å². The van der Waals surface area contributed by atoms with Crippen LogP contribution >= 0.6 is 11.8 Å². The molecule has 0 spiro atoms. The largest absolute Gasteiger partial charge is 0.324 e. The van der Waals surface area contributed by atoms with Crippen LogP contribution in [0.4, 0.5) is 0 Å². The Kier molecular flexibility index (Phi) is 2.26. The van der Waals surface area contributed by atoms with Gasteiger partial charge in [-0.05, 0) is 23.8 Å². The molecule has 2 rings (SSSR count). The Morgan fingerprint density at radius 2 is 2.38 bits per heavy atom. The average Bonchev–Trinajstić information content (AvgIpc) is 2.18. The van der Waals surface area contributed by atoms with Gasteiger partial charge in [0.05, 0.1) is 5.56 Å². The van der Waals surface area contributed by atoms with E-state index in [9.17, 15) is 0 Å². The van der Waals surface area contributed by atoms with Gasteiger partial charge in [0.1, 0.15) is 6.07 Å². The van der Waals surface area contributed by atoms with E-state index in [0.29, 0.717) is 0 Å². The van der Waals surface area contributed by atoms with Crippen molar-refractivity contribution in [1.29, 1.82) is 5.26 Å². The number of hydrogen-bond acceptors (Lipinski definition) is 3. The first-order valence-corrected chi connectivity index (χ1v) is 5.23.